The molecular weight excluding hydrogens is 334 g/mol. The van der Waals surface area contributed by atoms with E-state index >= 15 is 0 Å². The van der Waals surface area contributed by atoms with Crippen molar-refractivity contribution >= 4 is 7.82 Å². The minimum atomic E-state index is -5.16. The summed E-state index contributed by atoms with van der Waals surface area (Å²) in [5.74, 6) is 0. The van der Waals surface area contributed by atoms with Crippen LogP contribution < -0.4 is 34.5 Å². The van der Waals surface area contributed by atoms with Gasteiger partial charge in [0.15, 0.2) is 6.29 Å². The van der Waals surface area contributed by atoms with Gasteiger partial charge < -0.3 is 56.9 Å². The van der Waals surface area contributed by atoms with E-state index in [-0.39, 0.29) is 51.5 Å². The van der Waals surface area contributed by atoms with Crippen molar-refractivity contribution in [3.8, 4) is 0 Å². The molecule has 6 atom stereocenters. The van der Waals surface area contributed by atoms with Gasteiger partial charge in [-0.15, -0.1) is 0 Å². The Labute approximate surface area is 140 Å². The summed E-state index contributed by atoms with van der Waals surface area (Å²) in [5, 5.41) is 36.5. The van der Waals surface area contributed by atoms with Crippen LogP contribution >= 0.6 is 7.82 Å². The SMILES string of the molecule is O.O.O.O.O=P([O-])(O)O[C@H]1O[C@H](CO)[C@@H](O)[C@H](O)[C@H]1O.[Na+]. The molecule has 0 amide bonds. The molecule has 0 bridgehead atoms. The van der Waals surface area contributed by atoms with Gasteiger partial charge in [-0.05, 0) is 0 Å². The molecule has 0 aromatic carbocycles. The molecule has 0 saturated carbocycles. The number of aliphatic hydroxyl groups is 4. The summed E-state index contributed by atoms with van der Waals surface area (Å²) in [6.07, 6.45) is -8.43. The summed E-state index contributed by atoms with van der Waals surface area (Å²) >= 11 is 0. The first-order chi connectivity index (χ1) is 7.26. The van der Waals surface area contributed by atoms with E-state index in [0.29, 0.717) is 0 Å². The van der Waals surface area contributed by atoms with E-state index in [0.717, 1.165) is 0 Å². The Kier molecular flexibility index (Phi) is 21.0. The Morgan fingerprint density at radius 3 is 1.81 bits per heavy atom. The maximum atomic E-state index is 10.4. The quantitative estimate of drug-likeness (QED) is 0.237. The molecule has 21 heavy (non-hydrogen) atoms. The Bertz CT molecular complexity index is 284. The second-order valence-electron chi connectivity index (χ2n) is 3.27. The van der Waals surface area contributed by atoms with Crippen LogP contribution in [0.5, 0.6) is 0 Å². The average Bonchev–Trinajstić information content (AvgIpc) is 2.17. The van der Waals surface area contributed by atoms with Crippen LogP contribution in [0.15, 0.2) is 0 Å². The molecule has 0 aliphatic carbocycles. The fraction of sp³-hybridized carbons (Fsp3) is 1.00. The second kappa shape index (κ2) is 13.2. The molecular formula is C6H20NaO13P. The predicted octanol–water partition coefficient (Wildman–Crippen LogP) is -10.0. The van der Waals surface area contributed by atoms with Crippen molar-refractivity contribution in [1.82, 2.24) is 0 Å². The monoisotopic (exact) mass is 354 g/mol. The third-order valence-corrected chi connectivity index (χ3v) is 2.56. The summed E-state index contributed by atoms with van der Waals surface area (Å²) in [5.41, 5.74) is 0. The van der Waals surface area contributed by atoms with E-state index in [1.807, 2.05) is 0 Å². The normalized spacial score (nSPS) is 33.5. The number of hydrogen-bond donors (Lipinski definition) is 5. The zero-order valence-corrected chi connectivity index (χ0v) is 13.8. The molecule has 1 saturated heterocycles. The van der Waals surface area contributed by atoms with E-state index in [1.54, 1.807) is 0 Å². The van der Waals surface area contributed by atoms with Crippen molar-refractivity contribution in [2.24, 2.45) is 0 Å². The summed E-state index contributed by atoms with van der Waals surface area (Å²) < 4.78 is 19.0. The number of phosphoric ester groups is 1. The topological polar surface area (TPSA) is 286 Å². The Morgan fingerprint density at radius 1 is 1.05 bits per heavy atom. The molecule has 128 valence electrons. The second-order valence-corrected chi connectivity index (χ2v) is 4.42. The number of rotatable bonds is 3. The van der Waals surface area contributed by atoms with E-state index in [1.165, 1.54) is 0 Å². The molecule has 1 aliphatic heterocycles. The molecule has 0 aromatic rings. The van der Waals surface area contributed by atoms with Crippen molar-refractivity contribution in [2.45, 2.75) is 30.7 Å². The third kappa shape index (κ3) is 9.47. The first-order valence-corrected chi connectivity index (χ1v) is 5.78. The van der Waals surface area contributed by atoms with Crippen molar-refractivity contribution in [3.05, 3.63) is 0 Å². The van der Waals surface area contributed by atoms with Crippen molar-refractivity contribution in [2.75, 3.05) is 6.61 Å². The molecule has 13 nitrogen and oxygen atoms in total. The molecule has 1 unspecified atom stereocenters. The third-order valence-electron chi connectivity index (χ3n) is 2.09. The van der Waals surface area contributed by atoms with Crippen LogP contribution in [0.25, 0.3) is 0 Å². The minimum Gasteiger partial charge on any atom is -0.756 e. The van der Waals surface area contributed by atoms with Crippen LogP contribution in [0.1, 0.15) is 0 Å². The molecule has 0 radical (unpaired) electrons. The molecule has 1 aliphatic rings. The van der Waals surface area contributed by atoms with Crippen LogP contribution in [0.2, 0.25) is 0 Å². The van der Waals surface area contributed by atoms with E-state index in [2.05, 4.69) is 9.26 Å². The van der Waals surface area contributed by atoms with Gasteiger partial charge in [0, 0.05) is 0 Å². The van der Waals surface area contributed by atoms with Gasteiger partial charge in [0.05, 0.1) is 6.61 Å². The smallest absolute Gasteiger partial charge is 0.756 e. The van der Waals surface area contributed by atoms with Crippen LogP contribution in [-0.4, -0.2) is 84.5 Å². The maximum absolute atomic E-state index is 10.4. The van der Waals surface area contributed by atoms with Gasteiger partial charge in [-0.1, -0.05) is 0 Å². The van der Waals surface area contributed by atoms with Crippen molar-refractivity contribution in [1.29, 1.82) is 0 Å². The summed E-state index contributed by atoms with van der Waals surface area (Å²) in [7, 11) is -5.16. The molecule has 1 fully saturated rings. The largest absolute Gasteiger partial charge is 1.00 e. The summed E-state index contributed by atoms with van der Waals surface area (Å²) in [4.78, 5) is 18.8. The van der Waals surface area contributed by atoms with Gasteiger partial charge in [-0.3, -0.25) is 9.09 Å². The van der Waals surface area contributed by atoms with E-state index < -0.39 is 45.1 Å². The Morgan fingerprint density at radius 2 is 1.48 bits per heavy atom. The zero-order valence-electron chi connectivity index (χ0n) is 10.9. The van der Waals surface area contributed by atoms with Crippen LogP contribution in [-0.2, 0) is 13.8 Å². The maximum Gasteiger partial charge on any atom is 1.00 e. The van der Waals surface area contributed by atoms with Gasteiger partial charge >= 0.3 is 29.6 Å². The first kappa shape index (κ1) is 33.4. The Hall–Kier alpha value is 0.750. The minimum absolute atomic E-state index is 0. The van der Waals surface area contributed by atoms with Gasteiger partial charge in [0.2, 0.25) is 0 Å². The van der Waals surface area contributed by atoms with Crippen LogP contribution in [0, 0.1) is 0 Å². The standard InChI is InChI=1S/C6H13O9P.Na.4H2O/c7-1-2-3(8)4(9)5(10)6(14-2)15-16(11,12)13;;;;;/h2-10H,1H2,(H2,11,12,13);;4*1H2/q;+1;;;;/p-1/t2-,3-,4+,5-,6-;;;;;/m1...../s1. The number of aliphatic hydroxyl groups excluding tert-OH is 4. The zero-order chi connectivity index (χ0) is 12.5. The molecule has 0 aromatic heterocycles. The molecule has 13 N–H and O–H groups in total. The fourth-order valence-corrected chi connectivity index (χ4v) is 1.72. The predicted molar refractivity (Wildman–Crippen MR) is 59.1 cm³/mol. The van der Waals surface area contributed by atoms with E-state index in [9.17, 15) is 24.8 Å². The summed E-state index contributed by atoms with van der Waals surface area (Å²) in [6.45, 7) is -0.723. The van der Waals surface area contributed by atoms with Crippen molar-refractivity contribution < 1.29 is 95.5 Å². The molecule has 1 rings (SSSR count). The first-order valence-electron chi connectivity index (χ1n) is 4.29. The van der Waals surface area contributed by atoms with Gasteiger partial charge in [0.1, 0.15) is 24.4 Å². The molecule has 15 heteroatoms. The average molecular weight is 354 g/mol. The summed E-state index contributed by atoms with van der Waals surface area (Å²) in [6, 6.07) is 0. The molecule has 0 spiro atoms. The van der Waals surface area contributed by atoms with Gasteiger partial charge in [0.25, 0.3) is 7.82 Å². The molecule has 1 heterocycles. The van der Waals surface area contributed by atoms with Gasteiger partial charge in [-0.25, -0.2) is 0 Å². The fourth-order valence-electron chi connectivity index (χ4n) is 1.29. The number of ether oxygens (including phenoxy) is 1. The van der Waals surface area contributed by atoms with Crippen molar-refractivity contribution in [3.63, 3.8) is 0 Å². The van der Waals surface area contributed by atoms with Crippen LogP contribution in [0.4, 0.5) is 0 Å². The Balaban J connectivity index is -0.000000171. The van der Waals surface area contributed by atoms with Gasteiger partial charge in [-0.2, -0.15) is 0 Å². The number of phosphoric acid groups is 1. The van der Waals surface area contributed by atoms with E-state index in [4.69, 9.17) is 10.00 Å². The number of hydrogen-bond acceptors (Lipinski definition) is 8. The van der Waals surface area contributed by atoms with Crippen LogP contribution in [0.3, 0.4) is 0 Å².